The molecule has 0 radical (unpaired) electrons. The van der Waals surface area contributed by atoms with Crippen LogP contribution in [0.4, 0.5) is 0 Å². The third-order valence-corrected chi connectivity index (χ3v) is 2.90. The summed E-state index contributed by atoms with van der Waals surface area (Å²) in [6.45, 7) is 1.80. The average molecular weight is 254 g/mol. The summed E-state index contributed by atoms with van der Waals surface area (Å²) in [6.07, 6.45) is 1.74. The van der Waals surface area contributed by atoms with E-state index in [1.165, 1.54) is 14.2 Å². The van der Waals surface area contributed by atoms with Crippen molar-refractivity contribution in [1.82, 2.24) is 20.5 Å². The number of ether oxygens (including phenoxy) is 2. The molecule has 1 fully saturated rings. The first-order valence-corrected chi connectivity index (χ1v) is 5.94. The van der Waals surface area contributed by atoms with Crippen LogP contribution in [0.15, 0.2) is 0 Å². The number of carbonyl (C=O) groups is 1. The molecule has 1 aliphatic carbocycles. The van der Waals surface area contributed by atoms with Gasteiger partial charge in [0, 0.05) is 20.1 Å². The van der Waals surface area contributed by atoms with Crippen molar-refractivity contribution in [2.45, 2.75) is 38.0 Å². The third-order valence-electron chi connectivity index (χ3n) is 2.90. The number of carbonyl (C=O) groups excluding carboxylic acids is 1. The van der Waals surface area contributed by atoms with Crippen molar-refractivity contribution in [3.63, 3.8) is 0 Å². The summed E-state index contributed by atoms with van der Waals surface area (Å²) in [4.78, 5) is 16.1. The highest BCUT2D eigenvalue weighted by Crippen LogP contribution is 2.37. The second-order valence-electron chi connectivity index (χ2n) is 4.42. The van der Waals surface area contributed by atoms with Crippen LogP contribution >= 0.6 is 0 Å². The van der Waals surface area contributed by atoms with Crippen molar-refractivity contribution in [2.75, 3.05) is 14.2 Å². The first-order valence-electron chi connectivity index (χ1n) is 5.94. The average Bonchev–Trinajstić information content (AvgIpc) is 3.08. The molecule has 0 saturated heterocycles. The van der Waals surface area contributed by atoms with E-state index in [0.29, 0.717) is 5.92 Å². The van der Waals surface area contributed by atoms with Crippen LogP contribution in [0.3, 0.4) is 0 Å². The molecule has 0 aliphatic heterocycles. The van der Waals surface area contributed by atoms with E-state index in [0.717, 1.165) is 18.7 Å². The minimum atomic E-state index is -0.490. The van der Waals surface area contributed by atoms with E-state index in [4.69, 9.17) is 9.47 Å². The van der Waals surface area contributed by atoms with Gasteiger partial charge in [-0.3, -0.25) is 9.89 Å². The third kappa shape index (κ3) is 2.85. The van der Waals surface area contributed by atoms with Gasteiger partial charge in [0.15, 0.2) is 6.29 Å². The quantitative estimate of drug-likeness (QED) is 0.718. The van der Waals surface area contributed by atoms with E-state index >= 15 is 0 Å². The van der Waals surface area contributed by atoms with Gasteiger partial charge in [0.2, 0.25) is 5.82 Å². The Balaban J connectivity index is 1.93. The standard InChI is InChI=1S/C11H18N4O3/c1-6(11(17-2)18-3)12-10(16)9-13-8(14-15-9)7-4-5-7/h6-7,11H,4-5H2,1-3H3,(H,12,16)(H,13,14,15). The van der Waals surface area contributed by atoms with Crippen molar-refractivity contribution >= 4 is 5.91 Å². The van der Waals surface area contributed by atoms with Gasteiger partial charge in [-0.05, 0) is 19.8 Å². The van der Waals surface area contributed by atoms with Gasteiger partial charge in [-0.2, -0.15) is 0 Å². The van der Waals surface area contributed by atoms with Crippen molar-refractivity contribution in [3.05, 3.63) is 11.6 Å². The molecule has 1 aromatic rings. The Morgan fingerprint density at radius 2 is 2.11 bits per heavy atom. The summed E-state index contributed by atoms with van der Waals surface area (Å²) in [5.74, 6) is 1.07. The first-order chi connectivity index (χ1) is 8.65. The highest BCUT2D eigenvalue weighted by Gasteiger charge is 2.28. The lowest BCUT2D eigenvalue weighted by Gasteiger charge is -2.21. The molecule has 2 rings (SSSR count). The van der Waals surface area contributed by atoms with Crippen molar-refractivity contribution in [3.8, 4) is 0 Å². The van der Waals surface area contributed by atoms with Crippen molar-refractivity contribution in [2.24, 2.45) is 0 Å². The number of hydrogen-bond acceptors (Lipinski definition) is 5. The maximum atomic E-state index is 11.9. The molecular formula is C11H18N4O3. The Morgan fingerprint density at radius 1 is 1.44 bits per heavy atom. The minimum absolute atomic E-state index is 0.162. The zero-order valence-electron chi connectivity index (χ0n) is 10.8. The lowest BCUT2D eigenvalue weighted by Crippen LogP contribution is -2.43. The van der Waals surface area contributed by atoms with Crippen LogP contribution in [0.2, 0.25) is 0 Å². The van der Waals surface area contributed by atoms with E-state index in [2.05, 4.69) is 20.5 Å². The van der Waals surface area contributed by atoms with Crippen LogP contribution in [-0.4, -0.2) is 47.6 Å². The van der Waals surface area contributed by atoms with Gasteiger partial charge in [-0.15, -0.1) is 5.10 Å². The number of nitrogens with one attached hydrogen (secondary N) is 2. The number of aromatic nitrogens is 3. The molecule has 7 heteroatoms. The SMILES string of the molecule is COC(OC)C(C)NC(=O)c1n[nH]c(C2CC2)n1. The second kappa shape index (κ2) is 5.45. The molecule has 1 aliphatic rings. The van der Waals surface area contributed by atoms with Gasteiger partial charge in [0.25, 0.3) is 5.91 Å². The fourth-order valence-electron chi connectivity index (χ4n) is 1.76. The monoisotopic (exact) mass is 254 g/mol. The summed E-state index contributed by atoms with van der Waals surface area (Å²) in [5, 5.41) is 9.44. The summed E-state index contributed by atoms with van der Waals surface area (Å²) in [5.41, 5.74) is 0. The van der Waals surface area contributed by atoms with Crippen LogP contribution in [0.1, 0.15) is 42.1 Å². The molecule has 0 spiro atoms. The van der Waals surface area contributed by atoms with Gasteiger partial charge in [0.1, 0.15) is 5.82 Å². The highest BCUT2D eigenvalue weighted by atomic mass is 16.7. The maximum Gasteiger partial charge on any atom is 0.291 e. The first kappa shape index (κ1) is 13.0. The maximum absolute atomic E-state index is 11.9. The molecule has 2 N–H and O–H groups in total. The summed E-state index contributed by atoms with van der Waals surface area (Å²) in [6, 6.07) is -0.282. The van der Waals surface area contributed by atoms with E-state index in [1.807, 2.05) is 0 Å². The fourth-order valence-corrected chi connectivity index (χ4v) is 1.76. The van der Waals surface area contributed by atoms with E-state index < -0.39 is 6.29 Å². The molecule has 7 nitrogen and oxygen atoms in total. The van der Waals surface area contributed by atoms with Gasteiger partial charge in [0.05, 0.1) is 6.04 Å². The molecule has 1 amide bonds. The molecule has 0 aromatic carbocycles. The van der Waals surface area contributed by atoms with Gasteiger partial charge >= 0.3 is 0 Å². The van der Waals surface area contributed by atoms with Crippen LogP contribution in [0.5, 0.6) is 0 Å². The summed E-state index contributed by atoms with van der Waals surface area (Å²) in [7, 11) is 3.05. The Labute approximate surface area is 105 Å². The molecule has 18 heavy (non-hydrogen) atoms. The number of methoxy groups -OCH3 is 2. The van der Waals surface area contributed by atoms with Crippen LogP contribution in [0.25, 0.3) is 0 Å². The molecule has 100 valence electrons. The largest absolute Gasteiger partial charge is 0.354 e. The number of nitrogens with zero attached hydrogens (tertiary/aromatic N) is 2. The van der Waals surface area contributed by atoms with Gasteiger partial charge in [-0.25, -0.2) is 4.98 Å². The predicted molar refractivity (Wildman–Crippen MR) is 63.1 cm³/mol. The van der Waals surface area contributed by atoms with Crippen LogP contribution < -0.4 is 5.32 Å². The zero-order chi connectivity index (χ0) is 13.1. The Morgan fingerprint density at radius 3 is 2.67 bits per heavy atom. The van der Waals surface area contributed by atoms with E-state index in [1.54, 1.807) is 6.92 Å². The van der Waals surface area contributed by atoms with Crippen LogP contribution in [-0.2, 0) is 9.47 Å². The second-order valence-corrected chi connectivity index (χ2v) is 4.42. The normalized spacial score (nSPS) is 16.9. The lowest BCUT2D eigenvalue weighted by molar-refractivity contribution is -0.117. The molecule has 0 bridgehead atoms. The number of hydrogen-bond donors (Lipinski definition) is 2. The Hall–Kier alpha value is -1.47. The molecule has 1 aromatic heterocycles. The predicted octanol–water partition coefficient (Wildman–Crippen LogP) is 0.419. The van der Waals surface area contributed by atoms with Gasteiger partial charge < -0.3 is 14.8 Å². The number of H-pyrrole nitrogens is 1. The Bertz CT molecular complexity index is 412. The molecule has 1 saturated carbocycles. The zero-order valence-corrected chi connectivity index (χ0v) is 10.8. The lowest BCUT2D eigenvalue weighted by atomic mass is 10.3. The smallest absolute Gasteiger partial charge is 0.291 e. The molecule has 1 unspecified atom stereocenters. The number of amides is 1. The minimum Gasteiger partial charge on any atom is -0.354 e. The molecule has 1 heterocycles. The highest BCUT2D eigenvalue weighted by molar-refractivity contribution is 5.90. The number of aromatic amines is 1. The van der Waals surface area contributed by atoms with E-state index in [-0.39, 0.29) is 17.8 Å². The summed E-state index contributed by atoms with van der Waals surface area (Å²) < 4.78 is 10.1. The molecule has 1 atom stereocenters. The molecular weight excluding hydrogens is 236 g/mol. The summed E-state index contributed by atoms with van der Waals surface area (Å²) >= 11 is 0. The number of rotatable bonds is 6. The van der Waals surface area contributed by atoms with Crippen molar-refractivity contribution in [1.29, 1.82) is 0 Å². The van der Waals surface area contributed by atoms with Crippen LogP contribution in [0, 0.1) is 0 Å². The van der Waals surface area contributed by atoms with Crippen molar-refractivity contribution < 1.29 is 14.3 Å². The van der Waals surface area contributed by atoms with Gasteiger partial charge in [-0.1, -0.05) is 0 Å². The topological polar surface area (TPSA) is 89.1 Å². The van der Waals surface area contributed by atoms with E-state index in [9.17, 15) is 4.79 Å². The Kier molecular flexibility index (Phi) is 3.93. The fraction of sp³-hybridized carbons (Fsp3) is 0.727.